The number of aromatic amines is 1. The highest BCUT2D eigenvalue weighted by molar-refractivity contribution is 5.86. The molecule has 0 bridgehead atoms. The van der Waals surface area contributed by atoms with Crippen LogP contribution in [0.4, 0.5) is 8.78 Å². The number of esters is 1. The third-order valence-electron chi connectivity index (χ3n) is 2.27. The summed E-state index contributed by atoms with van der Waals surface area (Å²) in [4.78, 5) is 17.8. The number of carbonyl (C=O) groups is 1. The summed E-state index contributed by atoms with van der Waals surface area (Å²) in [6.07, 6.45) is 1.29. The van der Waals surface area contributed by atoms with Gasteiger partial charge in [-0.15, -0.1) is 0 Å². The number of halogens is 2. The highest BCUT2D eigenvalue weighted by atomic mass is 19.1. The minimum atomic E-state index is -0.728. The molecule has 0 fully saturated rings. The number of nitrogens with one attached hydrogen (secondary N) is 1. The number of nitrogens with zero attached hydrogens (tertiary/aromatic N) is 1. The smallest absolute Gasteiger partial charge is 0.374 e. The summed E-state index contributed by atoms with van der Waals surface area (Å²) in [7, 11) is 0. The molecule has 0 radical (unpaired) electrons. The Bertz CT molecular complexity index is 581. The zero-order chi connectivity index (χ0) is 13.1. The van der Waals surface area contributed by atoms with Gasteiger partial charge in [0.25, 0.3) is 0 Å². The minimum absolute atomic E-state index is 0.0180. The van der Waals surface area contributed by atoms with Gasteiger partial charge in [0, 0.05) is 11.6 Å². The Labute approximate surface area is 102 Å². The molecule has 1 aromatic carbocycles. The van der Waals surface area contributed by atoms with Gasteiger partial charge in [-0.2, -0.15) is 0 Å². The van der Waals surface area contributed by atoms with Crippen molar-refractivity contribution >= 4 is 5.97 Å². The Balaban J connectivity index is 2.32. The number of benzene rings is 1. The normalized spacial score (nSPS) is 10.4. The average molecular weight is 252 g/mol. The van der Waals surface area contributed by atoms with Gasteiger partial charge in [0.1, 0.15) is 11.6 Å². The molecule has 0 aliphatic rings. The van der Waals surface area contributed by atoms with E-state index in [1.54, 1.807) is 6.92 Å². The molecule has 94 valence electrons. The molecule has 1 heterocycles. The van der Waals surface area contributed by atoms with Crippen LogP contribution in [0.5, 0.6) is 0 Å². The van der Waals surface area contributed by atoms with Gasteiger partial charge in [-0.25, -0.2) is 18.6 Å². The van der Waals surface area contributed by atoms with Gasteiger partial charge in [-0.3, -0.25) is 0 Å². The van der Waals surface area contributed by atoms with Gasteiger partial charge < -0.3 is 9.72 Å². The predicted molar refractivity (Wildman–Crippen MR) is 59.9 cm³/mol. The van der Waals surface area contributed by atoms with Crippen LogP contribution in [0, 0.1) is 11.6 Å². The highest BCUT2D eigenvalue weighted by Crippen LogP contribution is 2.21. The summed E-state index contributed by atoms with van der Waals surface area (Å²) in [5.41, 5.74) is 0.426. The van der Waals surface area contributed by atoms with E-state index in [0.29, 0.717) is 0 Å². The number of hydrogen-bond donors (Lipinski definition) is 1. The van der Waals surface area contributed by atoms with Crippen molar-refractivity contribution in [2.75, 3.05) is 6.61 Å². The molecular formula is C12H10F2N2O2. The van der Waals surface area contributed by atoms with Crippen molar-refractivity contribution in [3.8, 4) is 11.3 Å². The van der Waals surface area contributed by atoms with Crippen LogP contribution in [-0.4, -0.2) is 22.5 Å². The van der Waals surface area contributed by atoms with Crippen molar-refractivity contribution in [2.45, 2.75) is 6.92 Å². The molecule has 0 saturated carbocycles. The molecule has 18 heavy (non-hydrogen) atoms. The van der Waals surface area contributed by atoms with Crippen molar-refractivity contribution in [1.29, 1.82) is 0 Å². The van der Waals surface area contributed by atoms with Crippen LogP contribution < -0.4 is 0 Å². The van der Waals surface area contributed by atoms with E-state index < -0.39 is 17.6 Å². The first-order valence-electron chi connectivity index (χ1n) is 5.29. The largest absolute Gasteiger partial charge is 0.460 e. The fraction of sp³-hybridized carbons (Fsp3) is 0.167. The maximum absolute atomic E-state index is 13.5. The number of imidazole rings is 1. The van der Waals surface area contributed by atoms with E-state index in [1.165, 1.54) is 12.3 Å². The van der Waals surface area contributed by atoms with E-state index in [9.17, 15) is 13.6 Å². The number of H-pyrrole nitrogens is 1. The van der Waals surface area contributed by atoms with Crippen LogP contribution in [0.1, 0.15) is 17.5 Å². The third kappa shape index (κ3) is 2.37. The summed E-state index contributed by atoms with van der Waals surface area (Å²) in [6.45, 7) is 1.89. The number of hydrogen-bond acceptors (Lipinski definition) is 3. The lowest BCUT2D eigenvalue weighted by molar-refractivity contribution is 0.0513. The van der Waals surface area contributed by atoms with Gasteiger partial charge in [0.05, 0.1) is 18.5 Å². The van der Waals surface area contributed by atoms with E-state index in [2.05, 4.69) is 9.97 Å². The molecule has 2 rings (SSSR count). The Hall–Kier alpha value is -2.24. The van der Waals surface area contributed by atoms with E-state index in [-0.39, 0.29) is 23.7 Å². The third-order valence-corrected chi connectivity index (χ3v) is 2.27. The van der Waals surface area contributed by atoms with Crippen molar-refractivity contribution < 1.29 is 18.3 Å². The van der Waals surface area contributed by atoms with Crippen LogP contribution in [0.3, 0.4) is 0 Å². The second-order valence-electron chi connectivity index (χ2n) is 3.49. The Morgan fingerprint density at radius 1 is 1.44 bits per heavy atom. The zero-order valence-electron chi connectivity index (χ0n) is 9.54. The molecule has 1 aromatic heterocycles. The van der Waals surface area contributed by atoms with E-state index in [0.717, 1.165) is 12.1 Å². The lowest BCUT2D eigenvalue weighted by atomic mass is 10.1. The SMILES string of the molecule is CCOC(=O)c1ncc(-c2ccc(F)cc2F)[nH]1. The van der Waals surface area contributed by atoms with Gasteiger partial charge in [0.2, 0.25) is 5.82 Å². The molecule has 0 aliphatic heterocycles. The summed E-state index contributed by atoms with van der Waals surface area (Å²) in [5.74, 6) is -2.03. The lowest BCUT2D eigenvalue weighted by Gasteiger charge is -2.00. The van der Waals surface area contributed by atoms with Gasteiger partial charge in [0.15, 0.2) is 0 Å². The highest BCUT2D eigenvalue weighted by Gasteiger charge is 2.14. The maximum Gasteiger partial charge on any atom is 0.374 e. The van der Waals surface area contributed by atoms with Crippen LogP contribution in [0.15, 0.2) is 24.4 Å². The Morgan fingerprint density at radius 3 is 2.89 bits per heavy atom. The number of rotatable bonds is 3. The molecule has 6 heteroatoms. The summed E-state index contributed by atoms with van der Waals surface area (Å²) < 4.78 is 31.0. The van der Waals surface area contributed by atoms with E-state index in [4.69, 9.17) is 4.74 Å². The topological polar surface area (TPSA) is 55.0 Å². The molecule has 0 aliphatic carbocycles. The fourth-order valence-corrected chi connectivity index (χ4v) is 1.47. The van der Waals surface area contributed by atoms with Crippen LogP contribution in [-0.2, 0) is 4.74 Å². The number of aromatic nitrogens is 2. The molecule has 4 nitrogen and oxygen atoms in total. The molecular weight excluding hydrogens is 242 g/mol. The summed E-state index contributed by atoms with van der Waals surface area (Å²) in [6, 6.07) is 3.16. The van der Waals surface area contributed by atoms with E-state index >= 15 is 0 Å². The second-order valence-corrected chi connectivity index (χ2v) is 3.49. The van der Waals surface area contributed by atoms with Gasteiger partial charge in [-0.1, -0.05) is 0 Å². The summed E-state index contributed by atoms with van der Waals surface area (Å²) in [5, 5.41) is 0. The maximum atomic E-state index is 13.5. The molecule has 0 saturated heterocycles. The second kappa shape index (κ2) is 4.95. The molecule has 0 amide bonds. The lowest BCUT2D eigenvalue weighted by Crippen LogP contribution is -2.06. The fourth-order valence-electron chi connectivity index (χ4n) is 1.47. The van der Waals surface area contributed by atoms with Crippen LogP contribution in [0.2, 0.25) is 0 Å². The Morgan fingerprint density at radius 2 is 2.22 bits per heavy atom. The monoisotopic (exact) mass is 252 g/mol. The van der Waals surface area contributed by atoms with E-state index in [1.807, 2.05) is 0 Å². The summed E-state index contributed by atoms with van der Waals surface area (Å²) >= 11 is 0. The van der Waals surface area contributed by atoms with Crippen molar-refractivity contribution in [1.82, 2.24) is 9.97 Å². The van der Waals surface area contributed by atoms with Crippen LogP contribution in [0.25, 0.3) is 11.3 Å². The van der Waals surface area contributed by atoms with Gasteiger partial charge in [-0.05, 0) is 19.1 Å². The van der Waals surface area contributed by atoms with Crippen LogP contribution >= 0.6 is 0 Å². The molecule has 0 spiro atoms. The first-order valence-corrected chi connectivity index (χ1v) is 5.29. The first-order chi connectivity index (χ1) is 8.61. The molecule has 0 unspecified atom stereocenters. The first kappa shape index (κ1) is 12.2. The molecule has 2 aromatic rings. The van der Waals surface area contributed by atoms with Crippen molar-refractivity contribution in [2.24, 2.45) is 0 Å². The number of carbonyl (C=O) groups excluding carboxylic acids is 1. The number of ether oxygens (including phenoxy) is 1. The standard InChI is InChI=1S/C12H10F2N2O2/c1-2-18-12(17)11-15-6-10(16-11)8-4-3-7(13)5-9(8)14/h3-6H,2H2,1H3,(H,15,16). The minimum Gasteiger partial charge on any atom is -0.460 e. The van der Waals surface area contributed by atoms with Crippen molar-refractivity contribution in [3.63, 3.8) is 0 Å². The quantitative estimate of drug-likeness (QED) is 0.854. The zero-order valence-corrected chi connectivity index (χ0v) is 9.54. The molecule has 0 atom stereocenters. The molecule has 1 N–H and O–H groups in total. The predicted octanol–water partition coefficient (Wildman–Crippen LogP) is 2.53. The van der Waals surface area contributed by atoms with Crippen molar-refractivity contribution in [3.05, 3.63) is 41.9 Å². The Kier molecular flexibility index (Phi) is 3.36. The van der Waals surface area contributed by atoms with Gasteiger partial charge >= 0.3 is 5.97 Å². The average Bonchev–Trinajstić information content (AvgIpc) is 2.78.